The molecule has 0 aliphatic carbocycles. The van der Waals surface area contributed by atoms with Gasteiger partial charge in [0.2, 0.25) is 5.91 Å². The molecule has 0 aromatic heterocycles. The normalized spacial score (nSPS) is 12.6. The van der Waals surface area contributed by atoms with Gasteiger partial charge in [-0.2, -0.15) is 0 Å². The number of allylic oxidation sites excluding steroid dienone is 4. The summed E-state index contributed by atoms with van der Waals surface area (Å²) in [5, 5.41) is 23.3. The highest BCUT2D eigenvalue weighted by atomic mass is 16.5. The van der Waals surface area contributed by atoms with Crippen LogP contribution in [0.1, 0.15) is 406 Å². The van der Waals surface area contributed by atoms with E-state index >= 15 is 0 Å². The number of amides is 1. The lowest BCUT2D eigenvalue weighted by Gasteiger charge is -2.22. The van der Waals surface area contributed by atoms with Crippen molar-refractivity contribution in [3.05, 3.63) is 24.3 Å². The number of carbonyl (C=O) groups is 2. The first-order valence-corrected chi connectivity index (χ1v) is 36.1. The Morgan fingerprint density at radius 1 is 0.354 bits per heavy atom. The van der Waals surface area contributed by atoms with Crippen LogP contribution in [0.2, 0.25) is 0 Å². The highest BCUT2D eigenvalue weighted by molar-refractivity contribution is 5.76. The van der Waals surface area contributed by atoms with Gasteiger partial charge >= 0.3 is 5.97 Å². The number of aliphatic hydroxyl groups excluding tert-OH is 2. The van der Waals surface area contributed by atoms with Crippen LogP contribution in [0.15, 0.2) is 24.3 Å². The zero-order valence-corrected chi connectivity index (χ0v) is 53.6. The number of carbonyl (C=O) groups excluding carboxylic acids is 2. The van der Waals surface area contributed by atoms with Gasteiger partial charge in [0, 0.05) is 12.8 Å². The Morgan fingerprint density at radius 3 is 0.962 bits per heavy atom. The van der Waals surface area contributed by atoms with Crippen LogP contribution in [-0.2, 0) is 14.3 Å². The molecule has 2 unspecified atom stereocenters. The Balaban J connectivity index is 3.39. The van der Waals surface area contributed by atoms with Crippen molar-refractivity contribution < 1.29 is 24.5 Å². The summed E-state index contributed by atoms with van der Waals surface area (Å²) in [5.41, 5.74) is 0. The third kappa shape index (κ3) is 65.4. The van der Waals surface area contributed by atoms with Crippen LogP contribution in [0.3, 0.4) is 0 Å². The third-order valence-corrected chi connectivity index (χ3v) is 17.0. The number of nitrogens with one attached hydrogen (secondary N) is 1. The minimum atomic E-state index is -0.666. The molecule has 0 aromatic carbocycles. The fraction of sp³-hybridized carbons (Fsp3) is 0.918. The second-order valence-electron chi connectivity index (χ2n) is 24.9. The van der Waals surface area contributed by atoms with E-state index in [0.717, 1.165) is 44.9 Å². The van der Waals surface area contributed by atoms with Gasteiger partial charge in [-0.1, -0.05) is 359 Å². The van der Waals surface area contributed by atoms with Gasteiger partial charge in [0.15, 0.2) is 0 Å². The predicted molar refractivity (Wildman–Crippen MR) is 347 cm³/mol. The van der Waals surface area contributed by atoms with Crippen LogP contribution in [0.4, 0.5) is 0 Å². The number of rotatable bonds is 68. The molecule has 0 aliphatic rings. The number of unbranched alkanes of at least 4 members (excludes halogenated alkanes) is 53. The Labute approximate surface area is 494 Å². The van der Waals surface area contributed by atoms with Gasteiger partial charge in [0.25, 0.3) is 0 Å². The van der Waals surface area contributed by atoms with Crippen LogP contribution in [0, 0.1) is 0 Å². The molecular formula is C73H141NO5. The molecule has 0 bridgehead atoms. The Bertz CT molecular complexity index is 1230. The quantitative estimate of drug-likeness (QED) is 0.0320. The maximum absolute atomic E-state index is 12.5. The Kier molecular flexibility index (Phi) is 67.4. The molecule has 0 heterocycles. The van der Waals surface area contributed by atoms with Crippen molar-refractivity contribution in [3.8, 4) is 0 Å². The fourth-order valence-electron chi connectivity index (χ4n) is 11.5. The molecule has 0 aliphatic heterocycles. The summed E-state index contributed by atoms with van der Waals surface area (Å²) >= 11 is 0. The van der Waals surface area contributed by atoms with Crippen molar-refractivity contribution in [1.82, 2.24) is 5.32 Å². The van der Waals surface area contributed by atoms with Crippen LogP contribution in [-0.4, -0.2) is 47.4 Å². The molecule has 6 nitrogen and oxygen atoms in total. The van der Waals surface area contributed by atoms with E-state index in [1.807, 2.05) is 0 Å². The largest absolute Gasteiger partial charge is 0.466 e. The highest BCUT2D eigenvalue weighted by Crippen LogP contribution is 2.19. The molecule has 0 fully saturated rings. The minimum absolute atomic E-state index is 0.0163. The first-order valence-electron chi connectivity index (χ1n) is 36.1. The van der Waals surface area contributed by atoms with Gasteiger partial charge in [-0.25, -0.2) is 0 Å². The predicted octanol–water partition coefficient (Wildman–Crippen LogP) is 23.3. The Morgan fingerprint density at radius 2 is 0.633 bits per heavy atom. The van der Waals surface area contributed by atoms with Gasteiger partial charge in [-0.15, -0.1) is 0 Å². The van der Waals surface area contributed by atoms with Crippen molar-refractivity contribution >= 4 is 11.9 Å². The maximum atomic E-state index is 12.5. The monoisotopic (exact) mass is 1110 g/mol. The van der Waals surface area contributed by atoms with E-state index in [1.165, 1.54) is 327 Å². The molecule has 0 saturated carbocycles. The van der Waals surface area contributed by atoms with E-state index in [0.29, 0.717) is 25.9 Å². The zero-order valence-electron chi connectivity index (χ0n) is 53.6. The first kappa shape index (κ1) is 77.3. The average molecular weight is 1110 g/mol. The Hall–Kier alpha value is -1.66. The van der Waals surface area contributed by atoms with E-state index in [1.54, 1.807) is 0 Å². The van der Waals surface area contributed by atoms with Gasteiger partial charge < -0.3 is 20.3 Å². The molecule has 0 rings (SSSR count). The molecule has 6 heteroatoms. The van der Waals surface area contributed by atoms with Crippen molar-refractivity contribution in [1.29, 1.82) is 0 Å². The molecular weight excluding hydrogens is 971 g/mol. The van der Waals surface area contributed by atoms with Crippen LogP contribution in [0.5, 0.6) is 0 Å². The fourth-order valence-corrected chi connectivity index (χ4v) is 11.5. The maximum Gasteiger partial charge on any atom is 0.305 e. The van der Waals surface area contributed by atoms with Crippen LogP contribution < -0.4 is 5.32 Å². The summed E-state index contributed by atoms with van der Waals surface area (Å²) in [4.78, 5) is 24.6. The van der Waals surface area contributed by atoms with E-state index in [9.17, 15) is 19.8 Å². The number of hydrogen-bond donors (Lipinski definition) is 3. The smallest absolute Gasteiger partial charge is 0.305 e. The molecule has 79 heavy (non-hydrogen) atoms. The number of aliphatic hydroxyl groups is 2. The van der Waals surface area contributed by atoms with Crippen molar-refractivity contribution in [2.24, 2.45) is 0 Å². The lowest BCUT2D eigenvalue weighted by atomic mass is 10.0. The molecule has 0 radical (unpaired) electrons. The lowest BCUT2D eigenvalue weighted by Crippen LogP contribution is -2.45. The topological polar surface area (TPSA) is 95.9 Å². The summed E-state index contributed by atoms with van der Waals surface area (Å²) in [6.45, 7) is 4.99. The van der Waals surface area contributed by atoms with Crippen LogP contribution >= 0.6 is 0 Å². The number of hydrogen-bond acceptors (Lipinski definition) is 5. The standard InChI is InChI=1S/C73H141NO5/c1-3-5-7-9-11-13-15-17-19-21-31-35-39-43-47-51-55-59-63-67-73(78)79-68-64-60-56-52-48-44-40-36-33-30-28-26-24-22-23-25-27-29-32-34-38-42-46-50-54-58-62-66-72(77)74-70(69-75)71(76)65-61-57-53-49-45-41-37-20-18-16-14-12-10-8-6-4-2/h22-23,26,28,70-71,75-76H,3-21,24-25,27,29-69H2,1-2H3,(H,74,77)/b23-22-,28-26-. The second kappa shape index (κ2) is 68.8. The van der Waals surface area contributed by atoms with E-state index in [2.05, 4.69) is 43.5 Å². The van der Waals surface area contributed by atoms with E-state index < -0.39 is 12.1 Å². The minimum Gasteiger partial charge on any atom is -0.466 e. The second-order valence-corrected chi connectivity index (χ2v) is 24.9. The van der Waals surface area contributed by atoms with Crippen LogP contribution in [0.25, 0.3) is 0 Å². The van der Waals surface area contributed by atoms with Crippen molar-refractivity contribution in [2.45, 2.75) is 418 Å². The SMILES string of the molecule is CCCCCCCCCCCCCCCCCCCCCC(=O)OCCCCCCCCCCC/C=C\C/C=C\CCCCCCCCCCCCCC(=O)NC(CO)C(O)CCCCCCCCCCCCCCCCCC. The molecule has 1 amide bonds. The van der Waals surface area contributed by atoms with Crippen molar-refractivity contribution in [2.75, 3.05) is 13.2 Å². The molecule has 468 valence electrons. The molecule has 3 N–H and O–H groups in total. The molecule has 0 aromatic rings. The van der Waals surface area contributed by atoms with Gasteiger partial charge in [0.05, 0.1) is 25.4 Å². The molecule has 0 spiro atoms. The first-order chi connectivity index (χ1) is 39.0. The summed E-state index contributed by atoms with van der Waals surface area (Å²) in [6, 6.07) is -0.544. The van der Waals surface area contributed by atoms with Gasteiger partial charge in [0.1, 0.15) is 0 Å². The molecule has 0 saturated heterocycles. The number of esters is 1. The summed E-state index contributed by atoms with van der Waals surface area (Å²) in [7, 11) is 0. The number of ether oxygens (including phenoxy) is 1. The van der Waals surface area contributed by atoms with Gasteiger partial charge in [-0.3, -0.25) is 9.59 Å². The van der Waals surface area contributed by atoms with Crippen molar-refractivity contribution in [3.63, 3.8) is 0 Å². The third-order valence-electron chi connectivity index (χ3n) is 17.0. The van der Waals surface area contributed by atoms with E-state index in [4.69, 9.17) is 4.74 Å². The average Bonchev–Trinajstić information content (AvgIpc) is 3.45. The summed E-state index contributed by atoms with van der Waals surface area (Å²) < 4.78 is 5.51. The lowest BCUT2D eigenvalue weighted by molar-refractivity contribution is -0.143. The highest BCUT2D eigenvalue weighted by Gasteiger charge is 2.20. The molecule has 2 atom stereocenters. The summed E-state index contributed by atoms with van der Waals surface area (Å²) in [6.07, 6.45) is 86.6. The van der Waals surface area contributed by atoms with E-state index in [-0.39, 0.29) is 18.5 Å². The zero-order chi connectivity index (χ0) is 57.1. The summed E-state index contributed by atoms with van der Waals surface area (Å²) in [5.74, 6) is -0.0187. The van der Waals surface area contributed by atoms with Gasteiger partial charge in [-0.05, 0) is 57.8 Å².